The molecule has 0 spiro atoms. The van der Waals surface area contributed by atoms with Gasteiger partial charge in [-0.3, -0.25) is 4.79 Å². The van der Waals surface area contributed by atoms with Gasteiger partial charge in [0.15, 0.2) is 0 Å². The molecule has 0 saturated carbocycles. The minimum Gasteiger partial charge on any atom is -0.336 e. The topological polar surface area (TPSA) is 78.1 Å². The summed E-state index contributed by atoms with van der Waals surface area (Å²) < 4.78 is 0. The van der Waals surface area contributed by atoms with Crippen molar-refractivity contribution in [1.29, 1.82) is 0 Å². The van der Waals surface area contributed by atoms with Gasteiger partial charge in [0.25, 0.3) is 5.56 Å². The molecule has 6 nitrogen and oxygen atoms in total. The predicted octanol–water partition coefficient (Wildman–Crippen LogP) is 1.86. The summed E-state index contributed by atoms with van der Waals surface area (Å²) >= 11 is 0. The monoisotopic (exact) mass is 288 g/mol. The van der Waals surface area contributed by atoms with E-state index in [1.54, 1.807) is 23.1 Å². The number of benzene rings is 1. The zero-order valence-corrected chi connectivity index (χ0v) is 12.5. The number of carbonyl (C=O) groups is 1. The number of nitrogens with zero attached hydrogens (tertiary/aromatic N) is 2. The molecule has 2 amide bonds. The Hall–Kier alpha value is -2.37. The first-order valence-electron chi connectivity index (χ1n) is 7.04. The lowest BCUT2D eigenvalue weighted by atomic mass is 10.2. The van der Waals surface area contributed by atoms with E-state index in [0.717, 1.165) is 0 Å². The van der Waals surface area contributed by atoms with Crippen LogP contribution in [0.2, 0.25) is 0 Å². The number of H-pyrrole nitrogens is 1. The number of hydrogen-bond acceptors (Lipinski definition) is 3. The van der Waals surface area contributed by atoms with Crippen LogP contribution < -0.4 is 10.9 Å². The number of aromatic amines is 1. The van der Waals surface area contributed by atoms with Gasteiger partial charge >= 0.3 is 6.03 Å². The zero-order valence-electron chi connectivity index (χ0n) is 12.5. The van der Waals surface area contributed by atoms with Gasteiger partial charge in [-0.1, -0.05) is 12.1 Å². The quantitative estimate of drug-likeness (QED) is 0.901. The highest BCUT2D eigenvalue weighted by molar-refractivity contribution is 5.77. The molecule has 1 aromatic carbocycles. The predicted molar refractivity (Wildman–Crippen MR) is 82.1 cm³/mol. The Morgan fingerprint density at radius 2 is 2.10 bits per heavy atom. The Bertz CT molecular complexity index is 693. The largest absolute Gasteiger partial charge is 0.336 e. The summed E-state index contributed by atoms with van der Waals surface area (Å²) in [6.07, 6.45) is 0. The standard InChI is InChI=1S/C15H20N4O2/c1-4-19(15(21)16-10(2)3)9-13-17-12-8-6-5-7-11(12)14(20)18-13/h5-8,10H,4,9H2,1-3H3,(H,16,21)(H,17,18,20). The Morgan fingerprint density at radius 1 is 1.38 bits per heavy atom. The molecule has 0 fully saturated rings. The molecule has 0 saturated heterocycles. The van der Waals surface area contributed by atoms with Gasteiger partial charge in [0.2, 0.25) is 0 Å². The van der Waals surface area contributed by atoms with Crippen molar-refractivity contribution in [3.8, 4) is 0 Å². The van der Waals surface area contributed by atoms with Gasteiger partial charge in [-0.05, 0) is 32.9 Å². The van der Waals surface area contributed by atoms with Crippen molar-refractivity contribution in [3.05, 3.63) is 40.4 Å². The molecule has 1 aromatic heterocycles. The van der Waals surface area contributed by atoms with E-state index in [9.17, 15) is 9.59 Å². The third-order valence-corrected chi connectivity index (χ3v) is 3.08. The van der Waals surface area contributed by atoms with Crippen molar-refractivity contribution in [2.45, 2.75) is 33.4 Å². The molecule has 0 aliphatic heterocycles. The van der Waals surface area contributed by atoms with Crippen LogP contribution in [0.1, 0.15) is 26.6 Å². The molecule has 0 atom stereocenters. The van der Waals surface area contributed by atoms with Gasteiger partial charge in [-0.15, -0.1) is 0 Å². The van der Waals surface area contributed by atoms with E-state index >= 15 is 0 Å². The first-order valence-corrected chi connectivity index (χ1v) is 7.04. The smallest absolute Gasteiger partial charge is 0.317 e. The lowest BCUT2D eigenvalue weighted by Gasteiger charge is -2.22. The van der Waals surface area contributed by atoms with Gasteiger partial charge < -0.3 is 15.2 Å². The average molecular weight is 288 g/mol. The number of carbonyl (C=O) groups excluding carboxylic acids is 1. The molecular formula is C15H20N4O2. The van der Waals surface area contributed by atoms with Crippen LogP contribution >= 0.6 is 0 Å². The SMILES string of the molecule is CCN(Cc1nc2ccccc2c(=O)[nH]1)C(=O)NC(C)C. The normalized spacial score (nSPS) is 10.9. The first kappa shape index (κ1) is 15.0. The zero-order chi connectivity index (χ0) is 15.4. The molecule has 112 valence electrons. The molecule has 0 aliphatic carbocycles. The fourth-order valence-corrected chi connectivity index (χ4v) is 2.06. The maximum absolute atomic E-state index is 12.0. The number of amides is 2. The summed E-state index contributed by atoms with van der Waals surface area (Å²) in [6, 6.07) is 7.06. The van der Waals surface area contributed by atoms with Crippen molar-refractivity contribution in [3.63, 3.8) is 0 Å². The second-order valence-electron chi connectivity index (χ2n) is 5.15. The Morgan fingerprint density at radius 3 is 2.76 bits per heavy atom. The van der Waals surface area contributed by atoms with Crippen molar-refractivity contribution < 1.29 is 4.79 Å². The number of nitrogens with one attached hydrogen (secondary N) is 2. The minimum atomic E-state index is -0.184. The van der Waals surface area contributed by atoms with Crippen LogP contribution in [0, 0.1) is 0 Å². The van der Waals surface area contributed by atoms with Crippen LogP contribution in [0.3, 0.4) is 0 Å². The van der Waals surface area contributed by atoms with Crippen molar-refractivity contribution in [2.75, 3.05) is 6.54 Å². The molecule has 0 radical (unpaired) electrons. The summed E-state index contributed by atoms with van der Waals surface area (Å²) in [7, 11) is 0. The molecule has 21 heavy (non-hydrogen) atoms. The summed E-state index contributed by atoms with van der Waals surface area (Å²) in [4.78, 5) is 32.8. The molecule has 0 aliphatic rings. The maximum atomic E-state index is 12.0. The molecule has 1 heterocycles. The number of urea groups is 1. The third-order valence-electron chi connectivity index (χ3n) is 3.08. The molecule has 2 rings (SSSR count). The fourth-order valence-electron chi connectivity index (χ4n) is 2.06. The molecule has 2 N–H and O–H groups in total. The summed E-state index contributed by atoms with van der Waals surface area (Å²) in [5.41, 5.74) is 0.451. The maximum Gasteiger partial charge on any atom is 0.317 e. The summed E-state index contributed by atoms with van der Waals surface area (Å²) in [5.74, 6) is 0.486. The highest BCUT2D eigenvalue weighted by Gasteiger charge is 2.14. The lowest BCUT2D eigenvalue weighted by Crippen LogP contribution is -2.42. The number of aromatic nitrogens is 2. The van der Waals surface area contributed by atoms with Gasteiger partial charge in [0.05, 0.1) is 17.4 Å². The van der Waals surface area contributed by atoms with Crippen molar-refractivity contribution in [1.82, 2.24) is 20.2 Å². The van der Waals surface area contributed by atoms with E-state index < -0.39 is 0 Å². The van der Waals surface area contributed by atoms with Crippen molar-refractivity contribution in [2.24, 2.45) is 0 Å². The van der Waals surface area contributed by atoms with E-state index in [4.69, 9.17) is 0 Å². The van der Waals surface area contributed by atoms with Crippen LogP contribution in [0.15, 0.2) is 29.1 Å². The fraction of sp³-hybridized carbons (Fsp3) is 0.400. The van der Waals surface area contributed by atoms with Crippen LogP contribution in [0.4, 0.5) is 4.79 Å². The molecule has 6 heteroatoms. The second kappa shape index (κ2) is 6.39. The van der Waals surface area contributed by atoms with E-state index in [0.29, 0.717) is 23.3 Å². The van der Waals surface area contributed by atoms with E-state index in [2.05, 4.69) is 15.3 Å². The van der Waals surface area contributed by atoms with Gasteiger partial charge in [0, 0.05) is 12.6 Å². The lowest BCUT2D eigenvalue weighted by molar-refractivity contribution is 0.194. The molecule has 2 aromatic rings. The average Bonchev–Trinajstić information content (AvgIpc) is 2.44. The Kier molecular flexibility index (Phi) is 4.57. The molecular weight excluding hydrogens is 268 g/mol. The van der Waals surface area contributed by atoms with E-state index in [1.807, 2.05) is 26.8 Å². The third kappa shape index (κ3) is 3.59. The first-order chi connectivity index (χ1) is 10.0. The van der Waals surface area contributed by atoms with Crippen LogP contribution in [0.25, 0.3) is 10.9 Å². The van der Waals surface area contributed by atoms with E-state index in [1.165, 1.54) is 0 Å². The van der Waals surface area contributed by atoms with Crippen LogP contribution in [-0.4, -0.2) is 33.5 Å². The summed E-state index contributed by atoms with van der Waals surface area (Å²) in [6.45, 7) is 6.51. The highest BCUT2D eigenvalue weighted by Crippen LogP contribution is 2.07. The highest BCUT2D eigenvalue weighted by atomic mass is 16.2. The van der Waals surface area contributed by atoms with E-state index in [-0.39, 0.29) is 24.2 Å². The number of rotatable bonds is 4. The van der Waals surface area contributed by atoms with Gasteiger partial charge in [-0.25, -0.2) is 9.78 Å². The van der Waals surface area contributed by atoms with Crippen LogP contribution in [0.5, 0.6) is 0 Å². The number of fused-ring (bicyclic) bond motifs is 1. The summed E-state index contributed by atoms with van der Waals surface area (Å²) in [5, 5.41) is 3.38. The number of para-hydroxylation sites is 1. The van der Waals surface area contributed by atoms with Gasteiger partial charge in [0.1, 0.15) is 5.82 Å². The van der Waals surface area contributed by atoms with Crippen LogP contribution in [-0.2, 0) is 6.54 Å². The Labute approximate surface area is 123 Å². The molecule has 0 unspecified atom stereocenters. The molecule has 0 bridgehead atoms. The minimum absolute atomic E-state index is 0.0650. The second-order valence-corrected chi connectivity index (χ2v) is 5.15. The van der Waals surface area contributed by atoms with Gasteiger partial charge in [-0.2, -0.15) is 0 Å². The van der Waals surface area contributed by atoms with Crippen molar-refractivity contribution >= 4 is 16.9 Å². The number of hydrogen-bond donors (Lipinski definition) is 2. The Balaban J connectivity index is 2.25.